The lowest BCUT2D eigenvalue weighted by Gasteiger charge is -2.28. The maximum absolute atomic E-state index is 13.1. The summed E-state index contributed by atoms with van der Waals surface area (Å²) in [5.41, 5.74) is 0.877. The number of methoxy groups -OCH3 is 1. The molecule has 6 nitrogen and oxygen atoms in total. The van der Waals surface area contributed by atoms with E-state index in [1.807, 2.05) is 6.92 Å². The number of nitrogens with zero attached hydrogens (tertiary/aromatic N) is 1. The van der Waals surface area contributed by atoms with Gasteiger partial charge in [0.05, 0.1) is 17.6 Å². The van der Waals surface area contributed by atoms with Crippen molar-refractivity contribution in [3.05, 3.63) is 29.3 Å². The van der Waals surface area contributed by atoms with E-state index in [1.54, 1.807) is 23.4 Å². The Labute approximate surface area is 150 Å². The first-order valence-corrected chi connectivity index (χ1v) is 9.27. The molecule has 0 saturated carbocycles. The zero-order valence-electron chi connectivity index (χ0n) is 14.2. The van der Waals surface area contributed by atoms with Crippen molar-refractivity contribution >= 4 is 28.4 Å². The van der Waals surface area contributed by atoms with Crippen LogP contribution in [0.4, 0.5) is 0 Å². The van der Waals surface area contributed by atoms with Crippen molar-refractivity contribution in [2.45, 2.75) is 37.6 Å². The lowest BCUT2D eigenvalue weighted by atomic mass is 10.1. The molecule has 0 spiro atoms. The van der Waals surface area contributed by atoms with E-state index in [2.05, 4.69) is 5.32 Å². The van der Waals surface area contributed by atoms with E-state index in [-0.39, 0.29) is 28.9 Å². The van der Waals surface area contributed by atoms with Crippen molar-refractivity contribution in [2.75, 3.05) is 26.7 Å². The van der Waals surface area contributed by atoms with Crippen molar-refractivity contribution in [1.82, 2.24) is 9.62 Å². The second-order valence-electron chi connectivity index (χ2n) is 5.73. The number of ether oxygens (including phenoxy) is 1. The Hall–Kier alpha value is -1.15. The Morgan fingerprint density at radius 2 is 2.12 bits per heavy atom. The lowest BCUT2D eigenvalue weighted by Crippen LogP contribution is -2.42. The summed E-state index contributed by atoms with van der Waals surface area (Å²) in [6, 6.07) is 4.61. The summed E-state index contributed by atoms with van der Waals surface area (Å²) < 4.78 is 32.5. The quantitative estimate of drug-likeness (QED) is 0.768. The molecule has 0 bridgehead atoms. The standard InChI is InChI=1S/C16H24N2O4S.ClH/c1-4-9-18(14-7-8-17-11-14)23(20,21)15-10-13(16(19)22-3)6-5-12(15)2;/h5-6,10,14,17H,4,7-9,11H2,1-3H3;1H. The van der Waals surface area contributed by atoms with Crippen molar-refractivity contribution < 1.29 is 17.9 Å². The third-order valence-corrected chi connectivity index (χ3v) is 6.18. The van der Waals surface area contributed by atoms with E-state index >= 15 is 0 Å². The average molecular weight is 377 g/mol. The van der Waals surface area contributed by atoms with Gasteiger partial charge in [-0.2, -0.15) is 4.31 Å². The molecule has 1 saturated heterocycles. The summed E-state index contributed by atoms with van der Waals surface area (Å²) in [6.45, 7) is 5.65. The van der Waals surface area contributed by atoms with Gasteiger partial charge >= 0.3 is 5.97 Å². The van der Waals surface area contributed by atoms with E-state index in [1.165, 1.54) is 13.2 Å². The molecule has 1 heterocycles. The SMILES string of the molecule is CCCN(C1CCNC1)S(=O)(=O)c1cc(C(=O)OC)ccc1C.Cl. The highest BCUT2D eigenvalue weighted by atomic mass is 35.5. The number of carbonyl (C=O) groups excluding carboxylic acids is 1. The Morgan fingerprint density at radius 1 is 1.42 bits per heavy atom. The third kappa shape index (κ3) is 4.27. The summed E-state index contributed by atoms with van der Waals surface area (Å²) in [6.07, 6.45) is 1.54. The van der Waals surface area contributed by atoms with Gasteiger partial charge in [-0.15, -0.1) is 12.4 Å². The topological polar surface area (TPSA) is 75.7 Å². The van der Waals surface area contributed by atoms with Gasteiger partial charge in [-0.1, -0.05) is 13.0 Å². The van der Waals surface area contributed by atoms with Crippen molar-refractivity contribution in [1.29, 1.82) is 0 Å². The smallest absolute Gasteiger partial charge is 0.337 e. The summed E-state index contributed by atoms with van der Waals surface area (Å²) >= 11 is 0. The van der Waals surface area contributed by atoms with Gasteiger partial charge in [-0.25, -0.2) is 13.2 Å². The van der Waals surface area contributed by atoms with Crippen LogP contribution in [0.3, 0.4) is 0 Å². The van der Waals surface area contributed by atoms with Crippen LogP contribution in [0.15, 0.2) is 23.1 Å². The second kappa shape index (κ2) is 8.80. The molecule has 1 aromatic rings. The summed E-state index contributed by atoms with van der Waals surface area (Å²) in [7, 11) is -2.37. The maximum atomic E-state index is 13.1. The first-order chi connectivity index (χ1) is 10.9. The molecule has 0 radical (unpaired) electrons. The fourth-order valence-corrected chi connectivity index (χ4v) is 4.85. The van der Waals surface area contributed by atoms with Gasteiger partial charge in [-0.05, 0) is 44.0 Å². The summed E-state index contributed by atoms with van der Waals surface area (Å²) in [4.78, 5) is 11.9. The number of hydrogen-bond acceptors (Lipinski definition) is 5. The molecule has 2 rings (SSSR count). The van der Waals surface area contributed by atoms with Crippen molar-refractivity contribution in [3.63, 3.8) is 0 Å². The Balaban J connectivity index is 0.00000288. The fourth-order valence-electron chi connectivity index (χ4n) is 2.85. The molecule has 8 heteroatoms. The Morgan fingerprint density at radius 3 is 2.67 bits per heavy atom. The average Bonchev–Trinajstić information content (AvgIpc) is 3.05. The molecule has 1 unspecified atom stereocenters. The van der Waals surface area contributed by atoms with Crippen molar-refractivity contribution in [2.24, 2.45) is 0 Å². The maximum Gasteiger partial charge on any atom is 0.337 e. The van der Waals surface area contributed by atoms with Gasteiger partial charge in [0.25, 0.3) is 0 Å². The number of halogens is 1. The van der Waals surface area contributed by atoms with Gasteiger partial charge in [0.15, 0.2) is 0 Å². The van der Waals surface area contributed by atoms with E-state index in [0.717, 1.165) is 19.4 Å². The molecule has 0 aliphatic carbocycles. The molecule has 1 aliphatic heterocycles. The summed E-state index contributed by atoms with van der Waals surface area (Å²) in [5, 5.41) is 3.21. The molecule has 136 valence electrons. The van der Waals surface area contributed by atoms with Crippen LogP contribution in [0.25, 0.3) is 0 Å². The molecule has 0 aromatic heterocycles. The molecule has 0 amide bonds. The van der Waals surface area contributed by atoms with E-state index in [0.29, 0.717) is 18.7 Å². The van der Waals surface area contributed by atoms with Gasteiger partial charge in [0.1, 0.15) is 0 Å². The monoisotopic (exact) mass is 376 g/mol. The molecule has 1 aliphatic rings. The fraction of sp³-hybridized carbons (Fsp3) is 0.562. The molecule has 1 atom stereocenters. The molecule has 1 fully saturated rings. The van der Waals surface area contributed by atoms with Crippen molar-refractivity contribution in [3.8, 4) is 0 Å². The van der Waals surface area contributed by atoms with Gasteiger partial charge in [0.2, 0.25) is 10.0 Å². The minimum absolute atomic E-state index is 0. The zero-order chi connectivity index (χ0) is 17.0. The normalized spacial score (nSPS) is 17.6. The largest absolute Gasteiger partial charge is 0.465 e. The number of nitrogens with one attached hydrogen (secondary N) is 1. The summed E-state index contributed by atoms with van der Waals surface area (Å²) in [5.74, 6) is -0.536. The van der Waals surface area contributed by atoms with Gasteiger partial charge < -0.3 is 10.1 Å². The number of hydrogen-bond donors (Lipinski definition) is 1. The Kier molecular flexibility index (Phi) is 7.66. The highest BCUT2D eigenvalue weighted by Crippen LogP contribution is 2.25. The highest BCUT2D eigenvalue weighted by Gasteiger charge is 2.33. The molecular formula is C16H25ClN2O4S. The van der Waals surface area contributed by atoms with Crippen LogP contribution < -0.4 is 5.32 Å². The first kappa shape index (κ1) is 20.9. The third-order valence-electron chi connectivity index (χ3n) is 4.08. The van der Waals surface area contributed by atoms with Crippen LogP contribution in [0.2, 0.25) is 0 Å². The highest BCUT2D eigenvalue weighted by molar-refractivity contribution is 7.89. The predicted octanol–water partition coefficient (Wildman–Crippen LogP) is 1.97. The number of aryl methyl sites for hydroxylation is 1. The Bertz CT molecular complexity index is 673. The zero-order valence-corrected chi connectivity index (χ0v) is 15.9. The second-order valence-corrected chi connectivity index (χ2v) is 7.59. The minimum atomic E-state index is -3.66. The first-order valence-electron chi connectivity index (χ1n) is 7.83. The van der Waals surface area contributed by atoms with Crippen LogP contribution >= 0.6 is 12.4 Å². The van der Waals surface area contributed by atoms with E-state index < -0.39 is 16.0 Å². The molecule has 1 aromatic carbocycles. The number of carbonyl (C=O) groups is 1. The van der Waals surface area contributed by atoms with Gasteiger partial charge in [0, 0.05) is 19.1 Å². The number of sulfonamides is 1. The van der Waals surface area contributed by atoms with Gasteiger partial charge in [-0.3, -0.25) is 0 Å². The van der Waals surface area contributed by atoms with Crippen LogP contribution in [-0.2, 0) is 14.8 Å². The minimum Gasteiger partial charge on any atom is -0.465 e. The number of benzene rings is 1. The molecular weight excluding hydrogens is 352 g/mol. The number of rotatable bonds is 6. The molecule has 1 N–H and O–H groups in total. The predicted molar refractivity (Wildman–Crippen MR) is 95.2 cm³/mol. The van der Waals surface area contributed by atoms with E-state index in [4.69, 9.17) is 4.74 Å². The van der Waals surface area contributed by atoms with Crippen LogP contribution in [0.1, 0.15) is 35.7 Å². The van der Waals surface area contributed by atoms with Crippen LogP contribution in [-0.4, -0.2) is 51.5 Å². The lowest BCUT2D eigenvalue weighted by molar-refractivity contribution is 0.0600. The number of esters is 1. The molecule has 24 heavy (non-hydrogen) atoms. The van der Waals surface area contributed by atoms with Crippen LogP contribution in [0, 0.1) is 6.92 Å². The van der Waals surface area contributed by atoms with Crippen LogP contribution in [0.5, 0.6) is 0 Å². The van der Waals surface area contributed by atoms with E-state index in [9.17, 15) is 13.2 Å².